The summed E-state index contributed by atoms with van der Waals surface area (Å²) >= 11 is 5.89. The number of benzene rings is 1. The van der Waals surface area contributed by atoms with Crippen molar-refractivity contribution in [2.45, 2.75) is 25.3 Å². The normalized spacial score (nSPS) is 20.8. The third kappa shape index (κ3) is 2.15. The van der Waals surface area contributed by atoms with E-state index >= 15 is 0 Å². The Morgan fingerprint density at radius 1 is 1.44 bits per heavy atom. The molecule has 1 unspecified atom stereocenters. The zero-order chi connectivity index (χ0) is 11.5. The Bertz CT molecular complexity index is 378. The second-order valence-electron chi connectivity index (χ2n) is 3.99. The zero-order valence-corrected chi connectivity index (χ0v) is 9.98. The first-order valence-electron chi connectivity index (χ1n) is 5.49. The maximum absolute atomic E-state index is 13.3. The van der Waals surface area contributed by atoms with Crippen molar-refractivity contribution in [2.75, 3.05) is 13.7 Å². The van der Waals surface area contributed by atoms with Crippen molar-refractivity contribution >= 4 is 11.6 Å². The van der Waals surface area contributed by atoms with Gasteiger partial charge in [-0.1, -0.05) is 24.1 Å². The summed E-state index contributed by atoms with van der Waals surface area (Å²) in [4.78, 5) is 0. The second kappa shape index (κ2) is 5.02. The van der Waals surface area contributed by atoms with E-state index in [2.05, 4.69) is 5.32 Å². The molecule has 2 nitrogen and oxygen atoms in total. The number of ether oxygens (including phenoxy) is 1. The SMILES string of the molecule is COc1c(C2CCCCN2)ccc(F)c1Cl. The fourth-order valence-electron chi connectivity index (χ4n) is 2.15. The van der Waals surface area contributed by atoms with Crippen LogP contribution >= 0.6 is 11.6 Å². The van der Waals surface area contributed by atoms with E-state index in [4.69, 9.17) is 16.3 Å². The highest BCUT2D eigenvalue weighted by Crippen LogP contribution is 2.37. The summed E-state index contributed by atoms with van der Waals surface area (Å²) in [6, 6.07) is 3.38. The van der Waals surface area contributed by atoms with Gasteiger partial charge in [0.2, 0.25) is 0 Å². The summed E-state index contributed by atoms with van der Waals surface area (Å²) in [5.41, 5.74) is 0.952. The predicted octanol–water partition coefficient (Wildman–Crippen LogP) is 3.30. The molecule has 1 heterocycles. The van der Waals surface area contributed by atoms with Gasteiger partial charge in [-0.15, -0.1) is 0 Å². The summed E-state index contributed by atoms with van der Waals surface area (Å²) in [7, 11) is 1.52. The van der Waals surface area contributed by atoms with Crippen molar-refractivity contribution in [2.24, 2.45) is 0 Å². The summed E-state index contributed by atoms with van der Waals surface area (Å²) in [6.07, 6.45) is 3.40. The molecule has 0 aromatic heterocycles. The van der Waals surface area contributed by atoms with E-state index in [1.54, 1.807) is 6.07 Å². The van der Waals surface area contributed by atoms with Gasteiger partial charge < -0.3 is 10.1 Å². The summed E-state index contributed by atoms with van der Waals surface area (Å²) in [6.45, 7) is 0.989. The molecule has 88 valence electrons. The molecule has 0 amide bonds. The van der Waals surface area contributed by atoms with E-state index < -0.39 is 5.82 Å². The van der Waals surface area contributed by atoms with E-state index in [-0.39, 0.29) is 11.1 Å². The second-order valence-corrected chi connectivity index (χ2v) is 4.36. The number of piperidine rings is 1. The number of hydrogen-bond donors (Lipinski definition) is 1. The Kier molecular flexibility index (Phi) is 3.66. The van der Waals surface area contributed by atoms with Crippen molar-refractivity contribution in [3.63, 3.8) is 0 Å². The Hall–Kier alpha value is -0.800. The van der Waals surface area contributed by atoms with Crippen molar-refractivity contribution in [1.82, 2.24) is 5.32 Å². The highest BCUT2D eigenvalue weighted by Gasteiger charge is 2.21. The lowest BCUT2D eigenvalue weighted by Crippen LogP contribution is -2.27. The fraction of sp³-hybridized carbons (Fsp3) is 0.500. The molecule has 1 saturated heterocycles. The number of nitrogens with one attached hydrogen (secondary N) is 1. The average molecular weight is 244 g/mol. The number of rotatable bonds is 2. The van der Waals surface area contributed by atoms with Crippen LogP contribution in [0.4, 0.5) is 4.39 Å². The number of halogens is 2. The van der Waals surface area contributed by atoms with Gasteiger partial charge in [-0.05, 0) is 25.5 Å². The standard InChI is InChI=1S/C12H15ClFNO/c1-16-12-8(5-6-9(14)11(12)13)10-4-2-3-7-15-10/h5-6,10,15H,2-4,7H2,1H3. The minimum atomic E-state index is -0.432. The van der Waals surface area contributed by atoms with Crippen molar-refractivity contribution in [3.05, 3.63) is 28.5 Å². The van der Waals surface area contributed by atoms with Crippen LogP contribution < -0.4 is 10.1 Å². The van der Waals surface area contributed by atoms with E-state index in [0.717, 1.165) is 18.5 Å². The summed E-state index contributed by atoms with van der Waals surface area (Å²) in [5.74, 6) is 0.0270. The topological polar surface area (TPSA) is 21.3 Å². The van der Waals surface area contributed by atoms with Crippen LogP contribution in [0.5, 0.6) is 5.75 Å². The highest BCUT2D eigenvalue weighted by molar-refractivity contribution is 6.32. The first kappa shape index (κ1) is 11.7. The molecule has 0 aliphatic carbocycles. The monoisotopic (exact) mass is 243 g/mol. The third-order valence-electron chi connectivity index (χ3n) is 2.97. The highest BCUT2D eigenvalue weighted by atomic mass is 35.5. The van der Waals surface area contributed by atoms with Crippen LogP contribution in [0, 0.1) is 5.82 Å². The van der Waals surface area contributed by atoms with Gasteiger partial charge in [-0.2, -0.15) is 0 Å². The van der Waals surface area contributed by atoms with Crippen LogP contribution in [0.25, 0.3) is 0 Å². The van der Waals surface area contributed by atoms with Crippen LogP contribution in [0.2, 0.25) is 5.02 Å². The van der Waals surface area contributed by atoms with E-state index in [1.165, 1.54) is 26.0 Å². The zero-order valence-electron chi connectivity index (χ0n) is 9.22. The molecule has 1 atom stereocenters. The minimum Gasteiger partial charge on any atom is -0.495 e. The first-order valence-corrected chi connectivity index (χ1v) is 5.87. The van der Waals surface area contributed by atoms with Gasteiger partial charge in [0.15, 0.2) is 0 Å². The molecule has 1 aromatic carbocycles. The van der Waals surface area contributed by atoms with Crippen LogP contribution in [0.1, 0.15) is 30.9 Å². The molecule has 1 N–H and O–H groups in total. The lowest BCUT2D eigenvalue weighted by atomic mass is 9.97. The minimum absolute atomic E-state index is 0.0763. The molecule has 0 spiro atoms. The molecule has 2 rings (SSSR count). The Balaban J connectivity index is 2.35. The van der Waals surface area contributed by atoms with Crippen molar-refractivity contribution in [1.29, 1.82) is 0 Å². The van der Waals surface area contributed by atoms with E-state index in [9.17, 15) is 4.39 Å². The van der Waals surface area contributed by atoms with Gasteiger partial charge in [0, 0.05) is 11.6 Å². The van der Waals surface area contributed by atoms with Crippen LogP contribution in [0.15, 0.2) is 12.1 Å². The molecular formula is C12H15ClFNO. The molecule has 0 saturated carbocycles. The molecule has 0 bridgehead atoms. The van der Waals surface area contributed by atoms with Gasteiger partial charge in [0.1, 0.15) is 16.6 Å². The third-order valence-corrected chi connectivity index (χ3v) is 3.32. The van der Waals surface area contributed by atoms with Crippen molar-refractivity contribution < 1.29 is 9.13 Å². The Labute approximate surface area is 99.7 Å². The molecule has 0 radical (unpaired) electrons. The largest absolute Gasteiger partial charge is 0.495 e. The fourth-order valence-corrected chi connectivity index (χ4v) is 2.40. The van der Waals surface area contributed by atoms with Crippen LogP contribution in [-0.4, -0.2) is 13.7 Å². The summed E-state index contributed by atoms with van der Waals surface area (Å²) < 4.78 is 18.5. The van der Waals surface area contributed by atoms with Gasteiger partial charge >= 0.3 is 0 Å². The van der Waals surface area contributed by atoms with Crippen LogP contribution in [0.3, 0.4) is 0 Å². The van der Waals surface area contributed by atoms with Crippen LogP contribution in [-0.2, 0) is 0 Å². The molecule has 1 aromatic rings. The quantitative estimate of drug-likeness (QED) is 0.861. The molecule has 1 fully saturated rings. The van der Waals surface area contributed by atoms with E-state index in [1.807, 2.05) is 0 Å². The maximum atomic E-state index is 13.3. The predicted molar refractivity (Wildman–Crippen MR) is 62.6 cm³/mol. The molecule has 1 aliphatic heterocycles. The molecule has 16 heavy (non-hydrogen) atoms. The van der Waals surface area contributed by atoms with E-state index in [0.29, 0.717) is 5.75 Å². The lowest BCUT2D eigenvalue weighted by Gasteiger charge is -2.25. The Morgan fingerprint density at radius 2 is 2.25 bits per heavy atom. The lowest BCUT2D eigenvalue weighted by molar-refractivity contribution is 0.371. The summed E-state index contributed by atoms with van der Waals surface area (Å²) in [5, 5.41) is 3.47. The molecular weight excluding hydrogens is 229 g/mol. The molecule has 1 aliphatic rings. The average Bonchev–Trinajstić information content (AvgIpc) is 2.33. The first-order chi connectivity index (χ1) is 7.74. The van der Waals surface area contributed by atoms with Gasteiger partial charge in [-0.3, -0.25) is 0 Å². The van der Waals surface area contributed by atoms with Gasteiger partial charge in [0.25, 0.3) is 0 Å². The smallest absolute Gasteiger partial charge is 0.145 e. The Morgan fingerprint density at radius 3 is 2.88 bits per heavy atom. The van der Waals surface area contributed by atoms with Gasteiger partial charge in [0.05, 0.1) is 7.11 Å². The molecule has 4 heteroatoms. The number of methoxy groups -OCH3 is 1. The van der Waals surface area contributed by atoms with Gasteiger partial charge in [-0.25, -0.2) is 4.39 Å². The maximum Gasteiger partial charge on any atom is 0.145 e. The van der Waals surface area contributed by atoms with Crippen molar-refractivity contribution in [3.8, 4) is 5.75 Å². The number of hydrogen-bond acceptors (Lipinski definition) is 2.